The number of amides is 1. The first-order valence-corrected chi connectivity index (χ1v) is 7.05. The molecule has 5 nitrogen and oxygen atoms in total. The molecule has 2 aliphatic rings. The predicted molar refractivity (Wildman–Crippen MR) is 75.0 cm³/mol. The van der Waals surface area contributed by atoms with Crippen LogP contribution in [-0.2, 0) is 11.3 Å². The summed E-state index contributed by atoms with van der Waals surface area (Å²) in [6, 6.07) is 5.73. The molecular weight excluding hydrogens is 256 g/mol. The minimum absolute atomic E-state index is 0.0971. The molecule has 0 saturated carbocycles. The van der Waals surface area contributed by atoms with Crippen LogP contribution in [0.25, 0.3) is 0 Å². The molecule has 0 unspecified atom stereocenters. The third-order valence-corrected chi connectivity index (χ3v) is 3.84. The van der Waals surface area contributed by atoms with Crippen molar-refractivity contribution in [2.75, 3.05) is 46.5 Å². The van der Waals surface area contributed by atoms with Gasteiger partial charge in [0.1, 0.15) is 12.4 Å². The molecule has 2 aliphatic heterocycles. The van der Waals surface area contributed by atoms with Crippen molar-refractivity contribution >= 4 is 5.91 Å². The highest BCUT2D eigenvalue weighted by Crippen LogP contribution is 2.25. The van der Waals surface area contributed by atoms with E-state index < -0.39 is 0 Å². The summed E-state index contributed by atoms with van der Waals surface area (Å²) in [6.07, 6.45) is 0. The summed E-state index contributed by atoms with van der Waals surface area (Å²) in [7, 11) is 1.82. The van der Waals surface area contributed by atoms with Crippen molar-refractivity contribution < 1.29 is 14.3 Å². The van der Waals surface area contributed by atoms with Gasteiger partial charge in [-0.1, -0.05) is 0 Å². The fraction of sp³-hybridized carbons (Fsp3) is 0.533. The average Bonchev–Trinajstić information content (AvgIpc) is 2.75. The van der Waals surface area contributed by atoms with Gasteiger partial charge in [0, 0.05) is 38.8 Å². The lowest BCUT2D eigenvalue weighted by atomic mass is 10.1. The summed E-state index contributed by atoms with van der Waals surface area (Å²) < 4.78 is 11.1. The fourth-order valence-corrected chi connectivity index (χ4v) is 2.65. The van der Waals surface area contributed by atoms with Crippen LogP contribution in [0.5, 0.6) is 5.75 Å². The van der Waals surface area contributed by atoms with Crippen molar-refractivity contribution in [1.82, 2.24) is 9.80 Å². The molecule has 1 saturated heterocycles. The van der Waals surface area contributed by atoms with E-state index in [2.05, 4.69) is 4.90 Å². The molecule has 1 amide bonds. The van der Waals surface area contributed by atoms with Gasteiger partial charge in [-0.2, -0.15) is 0 Å². The fourth-order valence-electron chi connectivity index (χ4n) is 2.65. The van der Waals surface area contributed by atoms with Crippen LogP contribution in [-0.4, -0.2) is 62.2 Å². The number of carbonyl (C=O) groups is 1. The molecule has 3 rings (SSSR count). The Morgan fingerprint density at radius 1 is 1.30 bits per heavy atom. The number of ether oxygens (including phenoxy) is 2. The number of hydrogen-bond donors (Lipinski definition) is 0. The van der Waals surface area contributed by atoms with Crippen LogP contribution in [0, 0.1) is 0 Å². The number of carbonyl (C=O) groups excluding carboxylic acids is 1. The molecule has 0 N–H and O–H groups in total. The molecule has 0 radical (unpaired) electrons. The number of hydrogen-bond acceptors (Lipinski definition) is 4. The summed E-state index contributed by atoms with van der Waals surface area (Å²) in [5, 5.41) is 0. The van der Waals surface area contributed by atoms with E-state index in [1.807, 2.05) is 25.2 Å². The SMILES string of the molecule is CN1Cc2cc(OCCN3CCOCC3)ccc2C1=O. The molecule has 0 spiro atoms. The van der Waals surface area contributed by atoms with Gasteiger partial charge >= 0.3 is 0 Å². The lowest BCUT2D eigenvalue weighted by Crippen LogP contribution is -2.38. The highest BCUT2D eigenvalue weighted by molar-refractivity contribution is 5.98. The third kappa shape index (κ3) is 2.78. The Hall–Kier alpha value is -1.59. The smallest absolute Gasteiger partial charge is 0.254 e. The second-order valence-corrected chi connectivity index (χ2v) is 5.28. The highest BCUT2D eigenvalue weighted by atomic mass is 16.5. The van der Waals surface area contributed by atoms with Gasteiger partial charge in [-0.15, -0.1) is 0 Å². The lowest BCUT2D eigenvalue weighted by Gasteiger charge is -2.26. The molecule has 1 aromatic rings. The normalized spacial score (nSPS) is 19.2. The monoisotopic (exact) mass is 276 g/mol. The average molecular weight is 276 g/mol. The molecule has 5 heteroatoms. The molecule has 108 valence electrons. The van der Waals surface area contributed by atoms with Gasteiger partial charge < -0.3 is 14.4 Å². The van der Waals surface area contributed by atoms with Crippen LogP contribution in [0.15, 0.2) is 18.2 Å². The van der Waals surface area contributed by atoms with Crippen LogP contribution >= 0.6 is 0 Å². The van der Waals surface area contributed by atoms with E-state index in [9.17, 15) is 4.79 Å². The topological polar surface area (TPSA) is 42.0 Å². The second kappa shape index (κ2) is 5.81. The van der Waals surface area contributed by atoms with Gasteiger partial charge in [-0.05, 0) is 23.8 Å². The van der Waals surface area contributed by atoms with Gasteiger partial charge in [0.15, 0.2) is 0 Å². The van der Waals surface area contributed by atoms with Crippen LogP contribution in [0.4, 0.5) is 0 Å². The zero-order chi connectivity index (χ0) is 13.9. The zero-order valence-corrected chi connectivity index (χ0v) is 11.8. The van der Waals surface area contributed by atoms with Crippen molar-refractivity contribution in [3.05, 3.63) is 29.3 Å². The van der Waals surface area contributed by atoms with E-state index in [1.165, 1.54) is 0 Å². The van der Waals surface area contributed by atoms with E-state index in [0.29, 0.717) is 13.2 Å². The van der Waals surface area contributed by atoms with E-state index in [0.717, 1.165) is 49.7 Å². The Bertz CT molecular complexity index is 498. The first-order chi connectivity index (χ1) is 9.74. The Morgan fingerprint density at radius 2 is 2.10 bits per heavy atom. The Balaban J connectivity index is 1.54. The van der Waals surface area contributed by atoms with Gasteiger partial charge in [-0.25, -0.2) is 0 Å². The summed E-state index contributed by atoms with van der Waals surface area (Å²) in [5.74, 6) is 0.944. The molecule has 20 heavy (non-hydrogen) atoms. The summed E-state index contributed by atoms with van der Waals surface area (Å²) >= 11 is 0. The summed E-state index contributed by atoms with van der Waals surface area (Å²) in [6.45, 7) is 5.84. The van der Waals surface area contributed by atoms with Gasteiger partial charge in [-0.3, -0.25) is 9.69 Å². The predicted octanol–water partition coefficient (Wildman–Crippen LogP) is 0.983. The molecule has 0 aromatic heterocycles. The van der Waals surface area contributed by atoms with Crippen molar-refractivity contribution in [3.8, 4) is 5.75 Å². The summed E-state index contributed by atoms with van der Waals surface area (Å²) in [5.41, 5.74) is 1.86. The van der Waals surface area contributed by atoms with Crippen LogP contribution in [0.3, 0.4) is 0 Å². The van der Waals surface area contributed by atoms with E-state index >= 15 is 0 Å². The van der Waals surface area contributed by atoms with Gasteiger partial charge in [0.05, 0.1) is 13.2 Å². The minimum Gasteiger partial charge on any atom is -0.492 e. The van der Waals surface area contributed by atoms with Gasteiger partial charge in [0.25, 0.3) is 5.91 Å². The maximum absolute atomic E-state index is 11.8. The van der Waals surface area contributed by atoms with Crippen molar-refractivity contribution in [2.45, 2.75) is 6.54 Å². The van der Waals surface area contributed by atoms with E-state index in [1.54, 1.807) is 4.90 Å². The van der Waals surface area contributed by atoms with Crippen molar-refractivity contribution in [3.63, 3.8) is 0 Å². The maximum atomic E-state index is 11.8. The molecule has 1 fully saturated rings. The largest absolute Gasteiger partial charge is 0.492 e. The number of benzene rings is 1. The zero-order valence-electron chi connectivity index (χ0n) is 11.8. The number of nitrogens with zero attached hydrogens (tertiary/aromatic N) is 2. The maximum Gasteiger partial charge on any atom is 0.254 e. The van der Waals surface area contributed by atoms with Gasteiger partial charge in [0.2, 0.25) is 0 Å². The minimum atomic E-state index is 0.0971. The standard InChI is InChI=1S/C15H20N2O3/c1-16-11-12-10-13(2-3-14(12)15(16)18)20-9-6-17-4-7-19-8-5-17/h2-3,10H,4-9,11H2,1H3. The number of morpholine rings is 1. The van der Waals surface area contributed by atoms with E-state index in [4.69, 9.17) is 9.47 Å². The lowest BCUT2D eigenvalue weighted by molar-refractivity contribution is 0.0322. The Morgan fingerprint density at radius 3 is 2.90 bits per heavy atom. The summed E-state index contributed by atoms with van der Waals surface area (Å²) in [4.78, 5) is 15.9. The third-order valence-electron chi connectivity index (χ3n) is 3.84. The van der Waals surface area contributed by atoms with Crippen LogP contribution in [0.2, 0.25) is 0 Å². The molecular formula is C15H20N2O3. The van der Waals surface area contributed by atoms with Crippen molar-refractivity contribution in [1.29, 1.82) is 0 Å². The molecule has 1 aromatic carbocycles. The first kappa shape index (κ1) is 13.4. The molecule has 0 aliphatic carbocycles. The molecule has 0 atom stereocenters. The van der Waals surface area contributed by atoms with Crippen LogP contribution < -0.4 is 4.74 Å². The van der Waals surface area contributed by atoms with E-state index in [-0.39, 0.29) is 5.91 Å². The van der Waals surface area contributed by atoms with Crippen LogP contribution in [0.1, 0.15) is 15.9 Å². The highest BCUT2D eigenvalue weighted by Gasteiger charge is 2.24. The first-order valence-electron chi connectivity index (χ1n) is 7.05. The molecule has 2 heterocycles. The number of fused-ring (bicyclic) bond motifs is 1. The molecule has 0 bridgehead atoms. The Labute approximate surface area is 119 Å². The second-order valence-electron chi connectivity index (χ2n) is 5.28. The quantitative estimate of drug-likeness (QED) is 0.822. The number of rotatable bonds is 4. The van der Waals surface area contributed by atoms with Crippen molar-refractivity contribution in [2.24, 2.45) is 0 Å². The Kier molecular flexibility index (Phi) is 3.89.